The predicted octanol–water partition coefficient (Wildman–Crippen LogP) is 3.10. The molecule has 1 aliphatic carbocycles. The highest BCUT2D eigenvalue weighted by molar-refractivity contribution is 5.35. The van der Waals surface area contributed by atoms with Crippen molar-refractivity contribution >= 4 is 0 Å². The minimum atomic E-state index is -1.05. The third-order valence-corrected chi connectivity index (χ3v) is 3.69. The van der Waals surface area contributed by atoms with Gasteiger partial charge in [0.2, 0.25) is 0 Å². The molecular weight excluding hydrogens is 212 g/mol. The largest absolute Gasteiger partial charge is 0.512 e. The van der Waals surface area contributed by atoms with E-state index in [0.717, 1.165) is 5.56 Å². The van der Waals surface area contributed by atoms with Crippen LogP contribution in [0.3, 0.4) is 0 Å². The number of allylic oxidation sites excluding steroid dienone is 2. The summed E-state index contributed by atoms with van der Waals surface area (Å²) < 4.78 is 0. The summed E-state index contributed by atoms with van der Waals surface area (Å²) in [5, 5.41) is 20.3. The highest BCUT2D eigenvalue weighted by Gasteiger charge is 2.43. The van der Waals surface area contributed by atoms with Crippen LogP contribution in [-0.4, -0.2) is 15.8 Å². The molecule has 2 rings (SSSR count). The van der Waals surface area contributed by atoms with Crippen molar-refractivity contribution in [2.24, 2.45) is 0 Å². The minimum Gasteiger partial charge on any atom is -0.512 e. The fourth-order valence-electron chi connectivity index (χ4n) is 2.25. The maximum absolute atomic E-state index is 10.7. The lowest BCUT2D eigenvalue weighted by molar-refractivity contribution is 0.0104. The maximum atomic E-state index is 10.7. The van der Waals surface area contributed by atoms with Crippen LogP contribution < -0.4 is 0 Å². The molecule has 0 heterocycles. The van der Waals surface area contributed by atoms with E-state index in [1.54, 1.807) is 18.2 Å². The first kappa shape index (κ1) is 11.9. The molecule has 2 nitrogen and oxygen atoms in total. The Labute approximate surface area is 102 Å². The molecule has 1 aromatic carbocycles. The van der Waals surface area contributed by atoms with Gasteiger partial charge >= 0.3 is 0 Å². The molecule has 0 spiro atoms. The van der Waals surface area contributed by atoms with E-state index in [-0.39, 0.29) is 12.2 Å². The molecular formula is C15H18O2. The maximum Gasteiger partial charge on any atom is 0.0991 e. The molecule has 0 aliphatic heterocycles. The van der Waals surface area contributed by atoms with Crippen molar-refractivity contribution in [2.75, 3.05) is 0 Å². The molecule has 0 fully saturated rings. The molecule has 1 aliphatic rings. The first-order valence-corrected chi connectivity index (χ1v) is 5.81. The van der Waals surface area contributed by atoms with Crippen molar-refractivity contribution in [2.45, 2.75) is 31.3 Å². The second-order valence-corrected chi connectivity index (χ2v) is 5.11. The van der Waals surface area contributed by atoms with Gasteiger partial charge in [0.05, 0.1) is 11.4 Å². The molecule has 17 heavy (non-hydrogen) atoms. The quantitative estimate of drug-likeness (QED) is 0.819. The molecule has 0 aromatic heterocycles. The third-order valence-electron chi connectivity index (χ3n) is 3.69. The normalized spacial score (nSPS) is 24.5. The summed E-state index contributed by atoms with van der Waals surface area (Å²) in [6.45, 7) is 3.98. The Bertz CT molecular complexity index is 457. The summed E-state index contributed by atoms with van der Waals surface area (Å²) in [6.07, 6.45) is 5.35. The summed E-state index contributed by atoms with van der Waals surface area (Å²) in [5.74, 6) is 0.221. The van der Waals surface area contributed by atoms with Crippen LogP contribution in [0, 0.1) is 0 Å². The summed E-state index contributed by atoms with van der Waals surface area (Å²) in [5.41, 5.74) is -0.443. The third kappa shape index (κ3) is 2.01. The van der Waals surface area contributed by atoms with E-state index >= 15 is 0 Å². The van der Waals surface area contributed by atoms with Crippen LogP contribution in [0.5, 0.6) is 0 Å². The molecule has 0 saturated carbocycles. The number of rotatable bonds is 2. The second-order valence-electron chi connectivity index (χ2n) is 5.11. The Hall–Kier alpha value is -1.54. The zero-order chi connectivity index (χ0) is 12.5. The SMILES string of the molecule is CC(C)(c1ccccc1)C1(O)C=CC=C(O)C1. The smallest absolute Gasteiger partial charge is 0.0991 e. The standard InChI is InChI=1S/C15H18O2/c1-14(2,12-7-4-3-5-8-12)15(17)10-6-9-13(16)11-15/h3-10,16-17H,11H2,1-2H3. The van der Waals surface area contributed by atoms with Crippen LogP contribution in [0.4, 0.5) is 0 Å². The second kappa shape index (κ2) is 4.04. The van der Waals surface area contributed by atoms with Gasteiger partial charge in [0.1, 0.15) is 0 Å². The van der Waals surface area contributed by atoms with Crippen molar-refractivity contribution in [3.8, 4) is 0 Å². The lowest BCUT2D eigenvalue weighted by Crippen LogP contribution is -2.47. The first-order valence-electron chi connectivity index (χ1n) is 5.81. The van der Waals surface area contributed by atoms with E-state index in [0.29, 0.717) is 0 Å². The Kier molecular flexibility index (Phi) is 2.84. The molecule has 2 heteroatoms. The van der Waals surface area contributed by atoms with Gasteiger partial charge in [0, 0.05) is 11.8 Å². The molecule has 0 amide bonds. The van der Waals surface area contributed by atoms with E-state index in [1.165, 1.54) is 0 Å². The monoisotopic (exact) mass is 230 g/mol. The zero-order valence-electron chi connectivity index (χ0n) is 10.2. The molecule has 1 aromatic rings. The van der Waals surface area contributed by atoms with Gasteiger partial charge < -0.3 is 10.2 Å². The highest BCUT2D eigenvalue weighted by Crippen LogP contribution is 2.41. The van der Waals surface area contributed by atoms with Crippen LogP contribution in [0.2, 0.25) is 0 Å². The summed E-state index contributed by atoms with van der Waals surface area (Å²) in [6, 6.07) is 9.88. The molecule has 0 radical (unpaired) electrons. The van der Waals surface area contributed by atoms with E-state index in [4.69, 9.17) is 0 Å². The van der Waals surface area contributed by atoms with Crippen LogP contribution >= 0.6 is 0 Å². The number of hydrogen-bond acceptors (Lipinski definition) is 2. The van der Waals surface area contributed by atoms with Crippen LogP contribution in [0.1, 0.15) is 25.8 Å². The van der Waals surface area contributed by atoms with Crippen molar-refractivity contribution in [3.05, 3.63) is 59.9 Å². The molecule has 1 unspecified atom stereocenters. The van der Waals surface area contributed by atoms with Gasteiger partial charge in [0.15, 0.2) is 0 Å². The average molecular weight is 230 g/mol. The van der Waals surface area contributed by atoms with Gasteiger partial charge in [0.25, 0.3) is 0 Å². The summed E-state index contributed by atoms with van der Waals surface area (Å²) in [4.78, 5) is 0. The first-order chi connectivity index (χ1) is 7.96. The lowest BCUT2D eigenvalue weighted by atomic mass is 9.67. The number of aliphatic hydroxyl groups is 2. The lowest BCUT2D eigenvalue weighted by Gasteiger charge is -2.42. The van der Waals surface area contributed by atoms with Gasteiger partial charge in [-0.25, -0.2) is 0 Å². The van der Waals surface area contributed by atoms with Crippen LogP contribution in [-0.2, 0) is 5.41 Å². The Morgan fingerprint density at radius 3 is 2.41 bits per heavy atom. The topological polar surface area (TPSA) is 40.5 Å². The molecule has 2 N–H and O–H groups in total. The van der Waals surface area contributed by atoms with E-state index < -0.39 is 11.0 Å². The Morgan fingerprint density at radius 2 is 1.82 bits per heavy atom. The number of aliphatic hydroxyl groups excluding tert-OH is 1. The van der Waals surface area contributed by atoms with E-state index in [2.05, 4.69) is 0 Å². The fraction of sp³-hybridized carbons (Fsp3) is 0.333. The zero-order valence-corrected chi connectivity index (χ0v) is 10.2. The number of hydrogen-bond donors (Lipinski definition) is 2. The van der Waals surface area contributed by atoms with E-state index in [9.17, 15) is 10.2 Å². The fourth-order valence-corrected chi connectivity index (χ4v) is 2.25. The average Bonchev–Trinajstić information content (AvgIpc) is 2.29. The highest BCUT2D eigenvalue weighted by atomic mass is 16.3. The van der Waals surface area contributed by atoms with E-state index in [1.807, 2.05) is 44.2 Å². The van der Waals surface area contributed by atoms with Gasteiger partial charge in [-0.2, -0.15) is 0 Å². The van der Waals surface area contributed by atoms with Gasteiger partial charge in [-0.15, -0.1) is 0 Å². The molecule has 90 valence electrons. The summed E-state index contributed by atoms with van der Waals surface area (Å²) in [7, 11) is 0. The number of benzene rings is 1. The van der Waals surface area contributed by atoms with Crippen molar-refractivity contribution < 1.29 is 10.2 Å². The van der Waals surface area contributed by atoms with Crippen molar-refractivity contribution in [1.29, 1.82) is 0 Å². The van der Waals surface area contributed by atoms with Crippen molar-refractivity contribution in [3.63, 3.8) is 0 Å². The summed E-state index contributed by atoms with van der Waals surface area (Å²) >= 11 is 0. The molecule has 0 bridgehead atoms. The van der Waals surface area contributed by atoms with Gasteiger partial charge in [-0.05, 0) is 11.6 Å². The van der Waals surface area contributed by atoms with Crippen LogP contribution in [0.25, 0.3) is 0 Å². The predicted molar refractivity (Wildman–Crippen MR) is 68.9 cm³/mol. The Balaban J connectivity index is 2.39. The minimum absolute atomic E-state index is 0.221. The van der Waals surface area contributed by atoms with Gasteiger partial charge in [-0.3, -0.25) is 0 Å². The van der Waals surface area contributed by atoms with Gasteiger partial charge in [-0.1, -0.05) is 56.3 Å². The van der Waals surface area contributed by atoms with Crippen molar-refractivity contribution in [1.82, 2.24) is 0 Å². The van der Waals surface area contributed by atoms with Crippen LogP contribution in [0.15, 0.2) is 54.3 Å². The molecule has 1 atom stereocenters. The Morgan fingerprint density at radius 1 is 1.18 bits per heavy atom. The molecule has 0 saturated heterocycles.